The van der Waals surface area contributed by atoms with Crippen LogP contribution in [-0.2, 0) is 12.7 Å². The summed E-state index contributed by atoms with van der Waals surface area (Å²) in [4.78, 5) is 16.4. The molecule has 0 saturated carbocycles. The molecule has 0 aliphatic carbocycles. The Labute approximate surface area is 154 Å². The van der Waals surface area contributed by atoms with E-state index in [1.54, 1.807) is 6.07 Å². The number of nitrogens with zero attached hydrogens (tertiary/aromatic N) is 1. The minimum atomic E-state index is -4.55. The van der Waals surface area contributed by atoms with Crippen LogP contribution in [0.2, 0.25) is 0 Å². The van der Waals surface area contributed by atoms with Gasteiger partial charge in [-0.3, -0.25) is 4.79 Å². The van der Waals surface area contributed by atoms with Crippen molar-refractivity contribution in [3.63, 3.8) is 0 Å². The second-order valence-corrected chi connectivity index (χ2v) is 5.77. The van der Waals surface area contributed by atoms with E-state index in [1.165, 1.54) is 30.5 Å². The zero-order valence-electron chi connectivity index (χ0n) is 14.1. The number of hydrogen-bond acceptors (Lipinski definition) is 3. The minimum Gasteiger partial charge on any atom is -0.366 e. The van der Waals surface area contributed by atoms with E-state index in [1.807, 2.05) is 30.3 Å². The van der Waals surface area contributed by atoms with E-state index in [-0.39, 0.29) is 11.3 Å². The van der Waals surface area contributed by atoms with Crippen molar-refractivity contribution < 1.29 is 18.0 Å². The summed E-state index contributed by atoms with van der Waals surface area (Å²) in [6.07, 6.45) is -3.23. The summed E-state index contributed by atoms with van der Waals surface area (Å²) in [5.41, 5.74) is 0.0517. The number of benzene rings is 2. The van der Waals surface area contributed by atoms with Gasteiger partial charge in [0.05, 0.1) is 16.8 Å². The number of hydrogen-bond donors (Lipinski definition) is 2. The Hall–Kier alpha value is -3.35. The maximum absolute atomic E-state index is 13.0. The van der Waals surface area contributed by atoms with Gasteiger partial charge in [0.15, 0.2) is 0 Å². The molecule has 0 spiro atoms. The van der Waals surface area contributed by atoms with Crippen LogP contribution in [-0.4, -0.2) is 10.9 Å². The van der Waals surface area contributed by atoms with Crippen LogP contribution in [0.1, 0.15) is 21.5 Å². The number of carbonyl (C=O) groups is 1. The Morgan fingerprint density at radius 2 is 1.63 bits per heavy atom. The summed E-state index contributed by atoms with van der Waals surface area (Å²) in [5, 5.41) is 5.41. The molecule has 0 fully saturated rings. The van der Waals surface area contributed by atoms with E-state index in [2.05, 4.69) is 15.6 Å². The van der Waals surface area contributed by atoms with E-state index in [9.17, 15) is 18.0 Å². The normalized spacial score (nSPS) is 11.1. The lowest BCUT2D eigenvalue weighted by molar-refractivity contribution is -0.136. The van der Waals surface area contributed by atoms with Crippen molar-refractivity contribution in [2.75, 3.05) is 10.6 Å². The van der Waals surface area contributed by atoms with Gasteiger partial charge in [-0.05, 0) is 29.8 Å². The largest absolute Gasteiger partial charge is 0.418 e. The average molecular weight is 371 g/mol. The van der Waals surface area contributed by atoms with Crippen molar-refractivity contribution in [2.45, 2.75) is 12.7 Å². The molecule has 4 nitrogen and oxygen atoms in total. The molecule has 0 bridgehead atoms. The number of rotatable bonds is 5. The van der Waals surface area contributed by atoms with Gasteiger partial charge in [0.1, 0.15) is 5.82 Å². The second kappa shape index (κ2) is 7.90. The lowest BCUT2D eigenvalue weighted by Crippen LogP contribution is -2.16. The number of para-hydroxylation sites is 1. The van der Waals surface area contributed by atoms with E-state index in [0.29, 0.717) is 12.4 Å². The zero-order valence-corrected chi connectivity index (χ0v) is 14.1. The molecule has 3 aromatic rings. The SMILES string of the molecule is O=C(Nc1ccccc1C(F)(F)F)c1ccc(NCc2ccccc2)nc1. The molecule has 27 heavy (non-hydrogen) atoms. The van der Waals surface area contributed by atoms with Gasteiger partial charge in [-0.1, -0.05) is 42.5 Å². The number of amides is 1. The van der Waals surface area contributed by atoms with Gasteiger partial charge in [-0.15, -0.1) is 0 Å². The number of aromatic nitrogens is 1. The van der Waals surface area contributed by atoms with E-state index >= 15 is 0 Å². The van der Waals surface area contributed by atoms with E-state index in [0.717, 1.165) is 11.6 Å². The third-order valence-corrected chi connectivity index (χ3v) is 3.82. The van der Waals surface area contributed by atoms with Gasteiger partial charge in [0, 0.05) is 12.7 Å². The summed E-state index contributed by atoms with van der Waals surface area (Å²) >= 11 is 0. The number of carbonyl (C=O) groups excluding carboxylic acids is 1. The maximum Gasteiger partial charge on any atom is 0.418 e. The van der Waals surface area contributed by atoms with Crippen molar-refractivity contribution in [1.29, 1.82) is 0 Å². The van der Waals surface area contributed by atoms with Gasteiger partial charge in [-0.2, -0.15) is 13.2 Å². The Balaban J connectivity index is 1.66. The van der Waals surface area contributed by atoms with Crippen molar-refractivity contribution in [1.82, 2.24) is 4.98 Å². The molecule has 2 aromatic carbocycles. The average Bonchev–Trinajstić information content (AvgIpc) is 2.67. The molecule has 0 saturated heterocycles. The predicted molar refractivity (Wildman–Crippen MR) is 97.4 cm³/mol. The molecule has 1 aromatic heterocycles. The number of nitrogens with one attached hydrogen (secondary N) is 2. The summed E-state index contributed by atoms with van der Waals surface area (Å²) in [7, 11) is 0. The molecular weight excluding hydrogens is 355 g/mol. The molecule has 0 aliphatic heterocycles. The predicted octanol–water partition coefficient (Wildman–Crippen LogP) is 4.96. The molecular formula is C20H16F3N3O. The second-order valence-electron chi connectivity index (χ2n) is 5.77. The van der Waals surface area contributed by atoms with Gasteiger partial charge in [0.2, 0.25) is 0 Å². The monoisotopic (exact) mass is 371 g/mol. The first kappa shape index (κ1) is 18.4. The topological polar surface area (TPSA) is 54.0 Å². The third kappa shape index (κ3) is 4.84. The van der Waals surface area contributed by atoms with E-state index < -0.39 is 17.6 Å². The van der Waals surface area contributed by atoms with E-state index in [4.69, 9.17) is 0 Å². The smallest absolute Gasteiger partial charge is 0.366 e. The molecule has 1 amide bonds. The minimum absolute atomic E-state index is 0.164. The first-order valence-electron chi connectivity index (χ1n) is 8.15. The summed E-state index contributed by atoms with van der Waals surface area (Å²) < 4.78 is 39.0. The lowest BCUT2D eigenvalue weighted by atomic mass is 10.1. The Morgan fingerprint density at radius 3 is 2.30 bits per heavy atom. The fourth-order valence-electron chi connectivity index (χ4n) is 2.46. The summed E-state index contributed by atoms with van der Waals surface area (Å²) in [5.74, 6) is -0.0973. The van der Waals surface area contributed by atoms with Crippen molar-refractivity contribution in [3.05, 3.63) is 89.6 Å². The highest BCUT2D eigenvalue weighted by atomic mass is 19.4. The quantitative estimate of drug-likeness (QED) is 0.666. The summed E-state index contributed by atoms with van der Waals surface area (Å²) in [6.45, 7) is 0.568. The Bertz CT molecular complexity index is 910. The fraction of sp³-hybridized carbons (Fsp3) is 0.100. The molecule has 0 aliphatic rings. The van der Waals surface area contributed by atoms with Crippen LogP contribution in [0.15, 0.2) is 72.9 Å². The van der Waals surface area contributed by atoms with Gasteiger partial charge in [0.25, 0.3) is 5.91 Å². The Morgan fingerprint density at radius 1 is 0.926 bits per heavy atom. The van der Waals surface area contributed by atoms with Crippen molar-refractivity contribution in [3.8, 4) is 0 Å². The molecule has 7 heteroatoms. The van der Waals surface area contributed by atoms with Crippen LogP contribution in [0, 0.1) is 0 Å². The fourth-order valence-corrected chi connectivity index (χ4v) is 2.46. The van der Waals surface area contributed by atoms with Gasteiger partial charge >= 0.3 is 6.18 Å². The van der Waals surface area contributed by atoms with Crippen molar-refractivity contribution >= 4 is 17.4 Å². The number of halogens is 3. The highest BCUT2D eigenvalue weighted by Gasteiger charge is 2.33. The molecule has 1 heterocycles. The van der Waals surface area contributed by atoms with Crippen LogP contribution in [0.4, 0.5) is 24.7 Å². The van der Waals surface area contributed by atoms with Gasteiger partial charge in [-0.25, -0.2) is 4.98 Å². The highest BCUT2D eigenvalue weighted by Crippen LogP contribution is 2.34. The molecule has 138 valence electrons. The number of anilines is 2. The standard InChI is InChI=1S/C20H16F3N3O/c21-20(22,23)16-8-4-5-9-17(16)26-19(27)15-10-11-18(25-13-15)24-12-14-6-2-1-3-7-14/h1-11,13H,12H2,(H,24,25)(H,26,27). The van der Waals surface area contributed by atoms with Crippen molar-refractivity contribution in [2.24, 2.45) is 0 Å². The number of pyridine rings is 1. The first-order chi connectivity index (χ1) is 12.9. The van der Waals surface area contributed by atoms with Crippen LogP contribution in [0.3, 0.4) is 0 Å². The highest BCUT2D eigenvalue weighted by molar-refractivity contribution is 6.04. The maximum atomic E-state index is 13.0. The molecule has 3 rings (SSSR count). The Kier molecular flexibility index (Phi) is 5.40. The molecule has 0 atom stereocenters. The molecule has 2 N–H and O–H groups in total. The molecule has 0 unspecified atom stereocenters. The van der Waals surface area contributed by atoms with Crippen LogP contribution in [0.5, 0.6) is 0 Å². The third-order valence-electron chi connectivity index (χ3n) is 3.82. The lowest BCUT2D eigenvalue weighted by Gasteiger charge is -2.13. The summed E-state index contributed by atoms with van der Waals surface area (Å²) in [6, 6.07) is 17.7. The molecule has 0 radical (unpaired) electrons. The van der Waals surface area contributed by atoms with Gasteiger partial charge < -0.3 is 10.6 Å². The number of alkyl halides is 3. The zero-order chi connectivity index (χ0) is 19.3. The van der Waals surface area contributed by atoms with Crippen LogP contribution < -0.4 is 10.6 Å². The first-order valence-corrected chi connectivity index (χ1v) is 8.15. The van der Waals surface area contributed by atoms with Crippen LogP contribution >= 0.6 is 0 Å². The van der Waals surface area contributed by atoms with Crippen LogP contribution in [0.25, 0.3) is 0 Å².